The molecule has 1 N–H and O–H groups in total. The second-order valence-corrected chi connectivity index (χ2v) is 7.47. The number of methoxy groups -OCH3 is 1. The Morgan fingerprint density at radius 2 is 1.93 bits per heavy atom. The third-order valence-corrected chi connectivity index (χ3v) is 5.69. The third kappa shape index (κ3) is 3.93. The van der Waals surface area contributed by atoms with Gasteiger partial charge in [-0.25, -0.2) is 4.98 Å². The fraction of sp³-hybridized carbons (Fsp3) is 0.143. The van der Waals surface area contributed by atoms with E-state index in [1.165, 1.54) is 6.33 Å². The van der Waals surface area contributed by atoms with E-state index in [0.29, 0.717) is 17.1 Å². The first-order valence-corrected chi connectivity index (χ1v) is 9.77. The second-order valence-electron chi connectivity index (χ2n) is 6.41. The zero-order chi connectivity index (χ0) is 20.4. The number of nitrogens with zero attached hydrogens (tertiary/aromatic N) is 4. The van der Waals surface area contributed by atoms with Crippen molar-refractivity contribution in [3.05, 3.63) is 71.7 Å². The van der Waals surface area contributed by atoms with Crippen LogP contribution in [0.3, 0.4) is 0 Å². The van der Waals surface area contributed by atoms with Crippen molar-refractivity contribution in [3.63, 3.8) is 0 Å². The summed E-state index contributed by atoms with van der Waals surface area (Å²) in [4.78, 5) is 22.1. The highest BCUT2D eigenvalue weighted by Gasteiger charge is 2.13. The van der Waals surface area contributed by atoms with Gasteiger partial charge in [0.2, 0.25) is 0 Å². The largest absolute Gasteiger partial charge is 0.497 e. The first-order chi connectivity index (χ1) is 14.0. The van der Waals surface area contributed by atoms with Gasteiger partial charge in [-0.3, -0.25) is 4.79 Å². The Morgan fingerprint density at radius 3 is 2.69 bits per heavy atom. The van der Waals surface area contributed by atoms with Crippen LogP contribution in [0.15, 0.2) is 64.8 Å². The lowest BCUT2D eigenvalue weighted by Gasteiger charge is -2.10. The average Bonchev–Trinajstić information content (AvgIpc) is 3.20. The van der Waals surface area contributed by atoms with Gasteiger partial charge >= 0.3 is 0 Å². The number of hydrogen-bond acceptors (Lipinski definition) is 6. The molecule has 0 unspecified atom stereocenters. The molecule has 0 atom stereocenters. The van der Waals surface area contributed by atoms with Gasteiger partial charge < -0.3 is 10.1 Å². The summed E-state index contributed by atoms with van der Waals surface area (Å²) in [5.41, 5.74) is 3.24. The molecule has 0 fully saturated rings. The van der Waals surface area contributed by atoms with Crippen LogP contribution in [-0.2, 0) is 0 Å². The van der Waals surface area contributed by atoms with Crippen LogP contribution in [0, 0.1) is 13.8 Å². The lowest BCUT2D eigenvalue weighted by atomic mass is 10.2. The summed E-state index contributed by atoms with van der Waals surface area (Å²) in [6.07, 6.45) is 1.50. The van der Waals surface area contributed by atoms with Gasteiger partial charge in [0, 0.05) is 27.4 Å². The first kappa shape index (κ1) is 18.9. The van der Waals surface area contributed by atoms with E-state index in [4.69, 9.17) is 4.74 Å². The topological polar surface area (TPSA) is 81.4 Å². The number of nitrogens with one attached hydrogen (secondary N) is 1. The molecule has 2 aromatic carbocycles. The maximum absolute atomic E-state index is 12.5. The molecule has 8 heteroatoms. The minimum atomic E-state index is -0.186. The highest BCUT2D eigenvalue weighted by atomic mass is 32.2. The molecule has 0 aliphatic carbocycles. The van der Waals surface area contributed by atoms with Gasteiger partial charge in [0.1, 0.15) is 17.1 Å². The van der Waals surface area contributed by atoms with Gasteiger partial charge in [0.15, 0.2) is 0 Å². The number of ether oxygens (including phenoxy) is 1. The van der Waals surface area contributed by atoms with Crippen molar-refractivity contribution in [1.29, 1.82) is 0 Å². The van der Waals surface area contributed by atoms with Crippen LogP contribution in [0.1, 0.15) is 21.6 Å². The molecule has 0 bridgehead atoms. The number of carbonyl (C=O) groups is 1. The molecule has 0 spiro atoms. The Bertz CT molecular complexity index is 1190. The maximum Gasteiger partial charge on any atom is 0.255 e. The zero-order valence-corrected chi connectivity index (χ0v) is 17.0. The van der Waals surface area contributed by atoms with E-state index in [1.807, 2.05) is 38.1 Å². The highest BCUT2D eigenvalue weighted by Crippen LogP contribution is 2.31. The van der Waals surface area contributed by atoms with E-state index >= 15 is 0 Å². The molecule has 0 aliphatic rings. The average molecular weight is 405 g/mol. The SMILES string of the molecule is COc1cccc(C(=O)Nc2ccc(Sc3c(C)c(C)nc4ncnn34)cc2)c1. The molecule has 0 radical (unpaired) electrons. The van der Waals surface area contributed by atoms with Gasteiger partial charge in [-0.1, -0.05) is 17.8 Å². The standard InChI is InChI=1S/C21H19N5O2S/c1-13-14(2)24-21-22-12-23-26(21)20(13)29-18-9-7-16(8-10-18)25-19(27)15-5-4-6-17(11-15)28-3/h4-12H,1-3H3,(H,25,27). The van der Waals surface area contributed by atoms with Gasteiger partial charge in [-0.15, -0.1) is 0 Å². The second kappa shape index (κ2) is 7.92. The molecule has 2 heterocycles. The maximum atomic E-state index is 12.5. The van der Waals surface area contributed by atoms with Crippen molar-refractivity contribution in [2.75, 3.05) is 12.4 Å². The van der Waals surface area contributed by atoms with Crippen LogP contribution < -0.4 is 10.1 Å². The Hall–Kier alpha value is -3.39. The Balaban J connectivity index is 1.52. The number of fused-ring (bicyclic) bond motifs is 1. The van der Waals surface area contributed by atoms with Crippen molar-refractivity contribution in [2.45, 2.75) is 23.8 Å². The van der Waals surface area contributed by atoms with Gasteiger partial charge in [-0.05, 0) is 56.3 Å². The Kier molecular flexibility index (Phi) is 5.18. The molecule has 0 saturated heterocycles. The van der Waals surface area contributed by atoms with Crippen molar-refractivity contribution in [3.8, 4) is 5.75 Å². The summed E-state index contributed by atoms with van der Waals surface area (Å²) in [6, 6.07) is 14.7. The number of amides is 1. The number of hydrogen-bond donors (Lipinski definition) is 1. The predicted octanol–water partition coefficient (Wildman–Crippen LogP) is 4.15. The Labute approximate surface area is 172 Å². The van der Waals surface area contributed by atoms with E-state index in [9.17, 15) is 4.79 Å². The molecule has 2 aromatic heterocycles. The first-order valence-electron chi connectivity index (χ1n) is 8.95. The van der Waals surface area contributed by atoms with E-state index in [-0.39, 0.29) is 5.91 Å². The number of aromatic nitrogens is 4. The van der Waals surface area contributed by atoms with Crippen molar-refractivity contribution in [2.24, 2.45) is 0 Å². The summed E-state index contributed by atoms with van der Waals surface area (Å²) in [6.45, 7) is 3.99. The molecular formula is C21H19N5O2S. The fourth-order valence-electron chi connectivity index (χ4n) is 2.81. The molecule has 1 amide bonds. The quantitative estimate of drug-likeness (QED) is 0.502. The lowest BCUT2D eigenvalue weighted by Crippen LogP contribution is -2.11. The number of aryl methyl sites for hydroxylation is 1. The van der Waals surface area contributed by atoms with E-state index in [0.717, 1.165) is 26.9 Å². The number of anilines is 1. The molecular weight excluding hydrogens is 386 g/mol. The van der Waals surface area contributed by atoms with Crippen LogP contribution in [0.2, 0.25) is 0 Å². The highest BCUT2D eigenvalue weighted by molar-refractivity contribution is 7.99. The molecule has 0 saturated carbocycles. The number of rotatable bonds is 5. The van der Waals surface area contributed by atoms with Crippen molar-refractivity contribution in [1.82, 2.24) is 19.6 Å². The molecule has 4 aromatic rings. The van der Waals surface area contributed by atoms with Crippen molar-refractivity contribution < 1.29 is 9.53 Å². The van der Waals surface area contributed by atoms with Crippen LogP contribution in [0.25, 0.3) is 5.78 Å². The zero-order valence-electron chi connectivity index (χ0n) is 16.2. The normalized spacial score (nSPS) is 10.9. The minimum Gasteiger partial charge on any atom is -0.497 e. The molecule has 7 nitrogen and oxygen atoms in total. The number of carbonyl (C=O) groups excluding carboxylic acids is 1. The molecule has 29 heavy (non-hydrogen) atoms. The van der Waals surface area contributed by atoms with Crippen molar-refractivity contribution >= 4 is 29.1 Å². The van der Waals surface area contributed by atoms with E-state index in [1.54, 1.807) is 47.7 Å². The van der Waals surface area contributed by atoms with Crippen LogP contribution in [0.4, 0.5) is 5.69 Å². The minimum absolute atomic E-state index is 0.186. The van der Waals surface area contributed by atoms with Crippen LogP contribution in [-0.4, -0.2) is 32.6 Å². The van der Waals surface area contributed by atoms with Crippen LogP contribution >= 0.6 is 11.8 Å². The number of benzene rings is 2. The van der Waals surface area contributed by atoms with Gasteiger partial charge in [0.05, 0.1) is 7.11 Å². The predicted molar refractivity (Wildman–Crippen MR) is 112 cm³/mol. The van der Waals surface area contributed by atoms with Crippen LogP contribution in [0.5, 0.6) is 5.75 Å². The lowest BCUT2D eigenvalue weighted by molar-refractivity contribution is 0.102. The van der Waals surface area contributed by atoms with Gasteiger partial charge in [0.25, 0.3) is 11.7 Å². The Morgan fingerprint density at radius 1 is 1.14 bits per heavy atom. The van der Waals surface area contributed by atoms with Gasteiger partial charge in [-0.2, -0.15) is 14.6 Å². The summed E-state index contributed by atoms with van der Waals surface area (Å²) in [5, 5.41) is 8.15. The third-order valence-electron chi connectivity index (χ3n) is 4.51. The monoisotopic (exact) mass is 405 g/mol. The summed E-state index contributed by atoms with van der Waals surface area (Å²) < 4.78 is 6.91. The summed E-state index contributed by atoms with van der Waals surface area (Å²) >= 11 is 1.58. The van der Waals surface area contributed by atoms with E-state index in [2.05, 4.69) is 20.4 Å². The van der Waals surface area contributed by atoms with E-state index < -0.39 is 0 Å². The summed E-state index contributed by atoms with van der Waals surface area (Å²) in [5.74, 6) is 1.04. The molecule has 4 rings (SSSR count). The smallest absolute Gasteiger partial charge is 0.255 e. The molecule has 0 aliphatic heterocycles. The summed E-state index contributed by atoms with van der Waals surface area (Å²) in [7, 11) is 1.58. The fourth-order valence-corrected chi connectivity index (χ4v) is 3.82. The molecule has 146 valence electrons.